The van der Waals surface area contributed by atoms with E-state index in [9.17, 15) is 19.5 Å². The lowest BCUT2D eigenvalue weighted by Crippen LogP contribution is -2.22. The third-order valence-corrected chi connectivity index (χ3v) is 9.37. The van der Waals surface area contributed by atoms with Gasteiger partial charge in [0.25, 0.3) is 5.91 Å². The second-order valence-electron chi connectivity index (χ2n) is 8.53. The van der Waals surface area contributed by atoms with Crippen LogP contribution in [0.1, 0.15) is 34.6 Å². The zero-order valence-corrected chi connectivity index (χ0v) is 26.5. The number of thiazole rings is 1. The number of amides is 2. The Hall–Kier alpha value is -2.99. The summed E-state index contributed by atoms with van der Waals surface area (Å²) in [6.45, 7) is 4.27. The number of benzene rings is 3. The molecule has 0 spiro atoms. The van der Waals surface area contributed by atoms with Gasteiger partial charge in [-0.2, -0.15) is 0 Å². The highest BCUT2D eigenvalue weighted by Crippen LogP contribution is 2.42. The third-order valence-electron chi connectivity index (χ3n) is 5.70. The number of thioether (sulfide) groups is 1. The largest absolute Gasteiger partial charge is 0.494 e. The Morgan fingerprint density at radius 3 is 2.14 bits per heavy atom. The highest BCUT2D eigenvalue weighted by molar-refractivity contribution is 8.00. The minimum atomic E-state index is -1.49. The Labute approximate surface area is 269 Å². The van der Waals surface area contributed by atoms with Gasteiger partial charge in [0.1, 0.15) is 5.75 Å². The number of hydrogen-bond donors (Lipinski definition) is 3. The average molecular weight is 685 g/mol. The van der Waals surface area contributed by atoms with Crippen LogP contribution in [0.5, 0.6) is 5.75 Å². The van der Waals surface area contributed by atoms with E-state index in [-0.39, 0.29) is 21.0 Å². The second-order valence-corrected chi connectivity index (χ2v) is 12.3. The number of nitrogens with zero attached hydrogens (tertiary/aromatic N) is 1. The van der Waals surface area contributed by atoms with Gasteiger partial charge in [-0.05, 0) is 62.4 Å². The van der Waals surface area contributed by atoms with Gasteiger partial charge in [-0.1, -0.05) is 46.4 Å². The summed E-state index contributed by atoms with van der Waals surface area (Å²) in [4.78, 5) is 42.8. The Kier molecular flexibility index (Phi) is 10.6. The van der Waals surface area contributed by atoms with Crippen LogP contribution in [-0.2, 0) is 4.79 Å². The molecule has 4 rings (SSSR count). The molecule has 0 bridgehead atoms. The highest BCUT2D eigenvalue weighted by atomic mass is 35.5. The molecular formula is C28H21Cl4N3O5S2. The van der Waals surface area contributed by atoms with Crippen LogP contribution in [0, 0.1) is 0 Å². The van der Waals surface area contributed by atoms with E-state index in [1.165, 1.54) is 23.1 Å². The molecule has 3 N–H and O–H groups in total. The van der Waals surface area contributed by atoms with Gasteiger partial charge < -0.3 is 20.5 Å². The van der Waals surface area contributed by atoms with Gasteiger partial charge in [-0.3, -0.25) is 9.59 Å². The summed E-state index contributed by atoms with van der Waals surface area (Å²) in [6.07, 6.45) is 0. The molecule has 3 aromatic carbocycles. The maximum absolute atomic E-state index is 12.9. The van der Waals surface area contributed by atoms with E-state index in [2.05, 4.69) is 15.6 Å². The molecule has 1 unspecified atom stereocenters. The lowest BCUT2D eigenvalue weighted by Gasteiger charge is -2.14. The summed E-state index contributed by atoms with van der Waals surface area (Å²) in [6, 6.07) is 14.2. The molecule has 1 atom stereocenters. The molecule has 0 aliphatic rings. The molecule has 0 fully saturated rings. The molecule has 0 radical (unpaired) electrons. The Morgan fingerprint density at radius 1 is 0.929 bits per heavy atom. The first kappa shape index (κ1) is 31.9. The fourth-order valence-electron chi connectivity index (χ4n) is 3.67. The van der Waals surface area contributed by atoms with Crippen molar-refractivity contribution in [1.29, 1.82) is 0 Å². The van der Waals surface area contributed by atoms with E-state index >= 15 is 0 Å². The first-order valence-corrected chi connectivity index (χ1v) is 15.4. The van der Waals surface area contributed by atoms with E-state index < -0.39 is 33.3 Å². The van der Waals surface area contributed by atoms with Crippen LogP contribution in [-0.4, -0.2) is 39.7 Å². The number of carboxylic acids is 1. The van der Waals surface area contributed by atoms with Gasteiger partial charge in [0, 0.05) is 21.5 Å². The van der Waals surface area contributed by atoms with Gasteiger partial charge in [0.05, 0.1) is 48.8 Å². The van der Waals surface area contributed by atoms with Gasteiger partial charge in [0.2, 0.25) is 5.91 Å². The molecule has 0 saturated heterocycles. The molecule has 4 aromatic rings. The fraction of sp³-hybridized carbons (Fsp3) is 0.143. The molecule has 42 heavy (non-hydrogen) atoms. The first-order valence-electron chi connectivity index (χ1n) is 12.2. The predicted molar refractivity (Wildman–Crippen MR) is 171 cm³/mol. The number of ether oxygens (including phenoxy) is 1. The number of anilines is 2. The van der Waals surface area contributed by atoms with Crippen molar-refractivity contribution in [1.82, 2.24) is 4.98 Å². The molecule has 8 nitrogen and oxygen atoms in total. The highest BCUT2D eigenvalue weighted by Gasteiger charge is 2.29. The molecule has 218 valence electrons. The second kappa shape index (κ2) is 14.0. The lowest BCUT2D eigenvalue weighted by molar-refractivity contribution is -0.115. The van der Waals surface area contributed by atoms with Gasteiger partial charge in [0.15, 0.2) is 5.13 Å². The SMILES string of the molecule is CCOc1ccc(-c2csc(NC(=O)C(C)Sc3ccc(NC(=O)c4c(Cl)c(Cl)c(Cl)c(Cl)c4C(=O)O)cc3)n2)cc1. The third kappa shape index (κ3) is 7.31. The van der Waals surface area contributed by atoms with Crippen molar-refractivity contribution >= 4 is 98.1 Å². The molecule has 1 heterocycles. The summed E-state index contributed by atoms with van der Waals surface area (Å²) < 4.78 is 5.47. The fourth-order valence-corrected chi connectivity index (χ4v) is 6.28. The topological polar surface area (TPSA) is 118 Å². The number of halogens is 4. The van der Waals surface area contributed by atoms with Crippen molar-refractivity contribution in [3.8, 4) is 17.0 Å². The zero-order chi connectivity index (χ0) is 30.6. The van der Waals surface area contributed by atoms with E-state index in [1.807, 2.05) is 36.6 Å². The van der Waals surface area contributed by atoms with Crippen LogP contribution in [0.4, 0.5) is 10.8 Å². The number of hydrogen-bond acceptors (Lipinski definition) is 7. The number of rotatable bonds is 10. The number of carbonyl (C=O) groups excluding carboxylic acids is 2. The van der Waals surface area contributed by atoms with E-state index in [0.29, 0.717) is 17.4 Å². The smallest absolute Gasteiger partial charge is 0.338 e. The van der Waals surface area contributed by atoms with E-state index in [0.717, 1.165) is 21.9 Å². The van der Waals surface area contributed by atoms with Gasteiger partial charge in [-0.15, -0.1) is 23.1 Å². The monoisotopic (exact) mass is 683 g/mol. The van der Waals surface area contributed by atoms with Crippen LogP contribution in [0.3, 0.4) is 0 Å². The molecule has 2 amide bonds. The predicted octanol–water partition coefficient (Wildman–Crippen LogP) is 8.89. The Morgan fingerprint density at radius 2 is 1.55 bits per heavy atom. The molecule has 0 saturated carbocycles. The number of nitrogens with one attached hydrogen (secondary N) is 2. The Balaban J connectivity index is 1.38. The molecular weight excluding hydrogens is 664 g/mol. The van der Waals surface area contributed by atoms with Crippen LogP contribution in [0.25, 0.3) is 11.3 Å². The van der Waals surface area contributed by atoms with Crippen LogP contribution >= 0.6 is 69.5 Å². The minimum absolute atomic E-state index is 0.225. The van der Waals surface area contributed by atoms with Crippen LogP contribution in [0.2, 0.25) is 20.1 Å². The van der Waals surface area contributed by atoms with Crippen molar-refractivity contribution in [2.75, 3.05) is 17.2 Å². The van der Waals surface area contributed by atoms with Crippen molar-refractivity contribution in [2.45, 2.75) is 24.0 Å². The van der Waals surface area contributed by atoms with Gasteiger partial charge in [-0.25, -0.2) is 9.78 Å². The summed E-state index contributed by atoms with van der Waals surface area (Å²) in [5.74, 6) is -1.77. The number of aromatic carboxylic acids is 1. The first-order chi connectivity index (χ1) is 20.0. The van der Waals surface area contributed by atoms with Crippen molar-refractivity contribution < 1.29 is 24.2 Å². The van der Waals surface area contributed by atoms with Crippen molar-refractivity contribution in [3.63, 3.8) is 0 Å². The van der Waals surface area contributed by atoms with Crippen LogP contribution < -0.4 is 15.4 Å². The lowest BCUT2D eigenvalue weighted by atomic mass is 10.1. The van der Waals surface area contributed by atoms with Crippen LogP contribution in [0.15, 0.2) is 58.8 Å². The standard InChI is InChI=1S/C28H21Cl4N3O5S2/c1-3-40-16-8-4-14(5-9-16)18-12-41-28(34-18)35-25(36)13(2)42-17-10-6-15(7-11-17)33-26(37)19-20(27(38)39)22(30)24(32)23(31)21(19)29/h4-13H,3H2,1-2H3,(H,33,37)(H,38,39)(H,34,35,36). The van der Waals surface area contributed by atoms with E-state index in [4.69, 9.17) is 51.1 Å². The summed E-state index contributed by atoms with van der Waals surface area (Å²) in [5, 5.41) is 15.7. The average Bonchev–Trinajstić information content (AvgIpc) is 3.43. The Bertz CT molecular complexity index is 1650. The number of carbonyl (C=O) groups is 3. The number of aromatic nitrogens is 1. The molecule has 0 aliphatic carbocycles. The molecule has 14 heteroatoms. The van der Waals surface area contributed by atoms with E-state index in [1.54, 1.807) is 31.2 Å². The van der Waals surface area contributed by atoms with Gasteiger partial charge >= 0.3 is 5.97 Å². The quantitative estimate of drug-likeness (QED) is 0.0867. The zero-order valence-electron chi connectivity index (χ0n) is 21.8. The summed E-state index contributed by atoms with van der Waals surface area (Å²) in [7, 11) is 0. The maximum Gasteiger partial charge on any atom is 0.338 e. The minimum Gasteiger partial charge on any atom is -0.494 e. The normalized spacial score (nSPS) is 11.6. The molecule has 0 aliphatic heterocycles. The maximum atomic E-state index is 12.9. The van der Waals surface area contributed by atoms with Crippen molar-refractivity contribution in [2.24, 2.45) is 0 Å². The summed E-state index contributed by atoms with van der Waals surface area (Å²) >= 11 is 26.8. The molecule has 1 aromatic heterocycles. The summed E-state index contributed by atoms with van der Waals surface area (Å²) in [5.41, 5.74) is 1.03. The number of carboxylic acid groups (broad SMARTS) is 1. The van der Waals surface area contributed by atoms with Crippen molar-refractivity contribution in [3.05, 3.63) is 85.1 Å².